The Labute approximate surface area is 170 Å². The van der Waals surface area contributed by atoms with Crippen molar-refractivity contribution in [3.8, 4) is 0 Å². The summed E-state index contributed by atoms with van der Waals surface area (Å²) in [6.07, 6.45) is 6.42. The van der Waals surface area contributed by atoms with Gasteiger partial charge in [-0.3, -0.25) is 4.99 Å². The van der Waals surface area contributed by atoms with Crippen LogP contribution in [-0.4, -0.2) is 69.1 Å². The number of sulfonamides is 1. The first-order chi connectivity index (χ1) is 13.6. The number of halogens is 3. The maximum Gasteiger partial charge on any atom is 0.511 e. The summed E-state index contributed by atoms with van der Waals surface area (Å²) in [5.74, 6) is 0.619. The Morgan fingerprint density at radius 3 is 2.34 bits per heavy atom. The van der Waals surface area contributed by atoms with Gasteiger partial charge >= 0.3 is 15.5 Å². The first kappa shape index (κ1) is 22.6. The van der Waals surface area contributed by atoms with E-state index in [9.17, 15) is 21.6 Å². The molecule has 2 aliphatic carbocycles. The molecule has 0 bridgehead atoms. The highest BCUT2D eigenvalue weighted by Gasteiger charge is 2.57. The number of rotatable bonds is 5. The van der Waals surface area contributed by atoms with Crippen LogP contribution in [0.3, 0.4) is 0 Å². The normalized spacial score (nSPS) is 29.1. The fourth-order valence-electron chi connectivity index (χ4n) is 5.00. The quantitative estimate of drug-likeness (QED) is 0.506. The Kier molecular flexibility index (Phi) is 6.69. The molecule has 3 rings (SSSR count). The number of nitrogens with zero attached hydrogens (tertiary/aromatic N) is 2. The first-order valence-electron chi connectivity index (χ1n) is 10.3. The summed E-state index contributed by atoms with van der Waals surface area (Å²) in [4.78, 5) is 4.28. The van der Waals surface area contributed by atoms with Gasteiger partial charge in [0.05, 0.1) is 6.10 Å². The van der Waals surface area contributed by atoms with E-state index >= 15 is 0 Å². The van der Waals surface area contributed by atoms with Crippen LogP contribution in [0.4, 0.5) is 13.2 Å². The van der Waals surface area contributed by atoms with Crippen LogP contribution in [0.2, 0.25) is 0 Å². The summed E-state index contributed by atoms with van der Waals surface area (Å²) in [5, 5.41) is 6.75. The molecule has 2 saturated carbocycles. The van der Waals surface area contributed by atoms with Crippen molar-refractivity contribution in [1.29, 1.82) is 0 Å². The second-order valence-corrected chi connectivity index (χ2v) is 10.1. The summed E-state index contributed by atoms with van der Waals surface area (Å²) in [5.41, 5.74) is -5.11. The highest BCUT2D eigenvalue weighted by Crippen LogP contribution is 2.54. The monoisotopic (exact) mass is 440 g/mol. The van der Waals surface area contributed by atoms with Crippen LogP contribution in [0.15, 0.2) is 4.99 Å². The van der Waals surface area contributed by atoms with Crippen LogP contribution in [0, 0.1) is 5.41 Å². The number of hydrogen-bond donors (Lipinski definition) is 2. The second-order valence-electron chi connectivity index (χ2n) is 8.16. The molecular formula is C18H31F3N4O3S. The molecule has 0 aromatic heterocycles. The Balaban J connectivity index is 1.53. The highest BCUT2D eigenvalue weighted by atomic mass is 32.2. The lowest BCUT2D eigenvalue weighted by Gasteiger charge is -2.54. The zero-order valence-corrected chi connectivity index (χ0v) is 17.8. The van der Waals surface area contributed by atoms with Gasteiger partial charge in [-0.1, -0.05) is 12.8 Å². The molecule has 3 fully saturated rings. The molecule has 1 saturated heterocycles. The lowest BCUT2D eigenvalue weighted by atomic mass is 9.60. The maximum atomic E-state index is 12.7. The van der Waals surface area contributed by atoms with Crippen LogP contribution in [-0.2, 0) is 14.8 Å². The molecule has 29 heavy (non-hydrogen) atoms. The Hall–Kier alpha value is -1.07. The van der Waals surface area contributed by atoms with E-state index in [0.29, 0.717) is 29.7 Å². The summed E-state index contributed by atoms with van der Waals surface area (Å²) in [6, 6.07) is 0.140. The lowest BCUT2D eigenvalue weighted by molar-refractivity contribution is -0.125. The second kappa shape index (κ2) is 8.58. The minimum atomic E-state index is -5.25. The molecule has 0 aromatic carbocycles. The van der Waals surface area contributed by atoms with Gasteiger partial charge < -0.3 is 15.4 Å². The van der Waals surface area contributed by atoms with Crippen molar-refractivity contribution in [2.75, 3.05) is 26.7 Å². The third-order valence-corrected chi connectivity index (χ3v) is 8.28. The van der Waals surface area contributed by atoms with E-state index < -0.39 is 15.5 Å². The van der Waals surface area contributed by atoms with E-state index in [1.807, 2.05) is 6.92 Å². The van der Waals surface area contributed by atoms with E-state index in [1.54, 1.807) is 7.05 Å². The third-order valence-electron chi connectivity index (χ3n) is 6.65. The van der Waals surface area contributed by atoms with Gasteiger partial charge in [0.15, 0.2) is 5.96 Å². The van der Waals surface area contributed by atoms with Gasteiger partial charge in [-0.15, -0.1) is 0 Å². The predicted molar refractivity (Wildman–Crippen MR) is 104 cm³/mol. The van der Waals surface area contributed by atoms with E-state index in [4.69, 9.17) is 4.74 Å². The molecule has 2 N–H and O–H groups in total. The highest BCUT2D eigenvalue weighted by molar-refractivity contribution is 7.90. The third kappa shape index (κ3) is 4.36. The topological polar surface area (TPSA) is 83.0 Å². The van der Waals surface area contributed by atoms with Gasteiger partial charge in [0, 0.05) is 44.2 Å². The molecule has 0 amide bonds. The fourth-order valence-corrected chi connectivity index (χ4v) is 5.99. The summed E-state index contributed by atoms with van der Waals surface area (Å²) in [7, 11) is -3.59. The standard InChI is InChI=1S/C18H31F3N4O3S/c1-3-28-15-12-14(17(15)8-4-5-9-17)24-16(22-2)23-13-6-10-25(11-7-13)29(26,27)18(19,20)21/h13-15H,3-12H2,1-2H3,(H2,22,23,24). The first-order valence-corrected chi connectivity index (χ1v) is 11.8. The number of alkyl halides is 3. The fraction of sp³-hybridized carbons (Fsp3) is 0.944. The van der Waals surface area contributed by atoms with Crippen molar-refractivity contribution in [2.45, 2.75) is 75.6 Å². The minimum absolute atomic E-state index is 0.122. The molecule has 1 heterocycles. The van der Waals surface area contributed by atoms with Crippen LogP contribution in [0.5, 0.6) is 0 Å². The molecule has 0 aromatic rings. The lowest BCUT2D eigenvalue weighted by Crippen LogP contribution is -2.65. The van der Waals surface area contributed by atoms with Crippen molar-refractivity contribution < 1.29 is 26.3 Å². The molecule has 2 atom stereocenters. The molecule has 2 unspecified atom stereocenters. The molecule has 3 aliphatic rings. The Morgan fingerprint density at radius 1 is 1.21 bits per heavy atom. The van der Waals surface area contributed by atoms with Crippen LogP contribution in [0.25, 0.3) is 0 Å². The van der Waals surface area contributed by atoms with Gasteiger partial charge in [-0.25, -0.2) is 8.42 Å². The number of hydrogen-bond acceptors (Lipinski definition) is 4. The molecule has 1 spiro atoms. The van der Waals surface area contributed by atoms with E-state index in [2.05, 4.69) is 15.6 Å². The zero-order chi connectivity index (χ0) is 21.3. The van der Waals surface area contributed by atoms with Gasteiger partial charge in [-0.2, -0.15) is 17.5 Å². The maximum absolute atomic E-state index is 12.7. The summed E-state index contributed by atoms with van der Waals surface area (Å²) < 4.78 is 67.7. The molecule has 11 heteroatoms. The average Bonchev–Trinajstić information content (AvgIpc) is 3.19. The van der Waals surface area contributed by atoms with Gasteiger partial charge in [-0.05, 0) is 39.0 Å². The molecule has 7 nitrogen and oxygen atoms in total. The Bertz CT molecular complexity index is 700. The zero-order valence-electron chi connectivity index (χ0n) is 17.0. The van der Waals surface area contributed by atoms with Crippen molar-refractivity contribution in [2.24, 2.45) is 10.4 Å². The van der Waals surface area contributed by atoms with E-state index in [-0.39, 0.29) is 36.7 Å². The summed E-state index contributed by atoms with van der Waals surface area (Å²) in [6.45, 7) is 2.40. The van der Waals surface area contributed by atoms with Gasteiger partial charge in [0.2, 0.25) is 0 Å². The SMILES string of the molecule is CCOC1CC(NC(=NC)NC2CCN(S(=O)(=O)C(F)(F)F)CC2)C12CCCC2. The predicted octanol–water partition coefficient (Wildman–Crippen LogP) is 2.20. The number of piperidine rings is 1. The molecule has 168 valence electrons. The van der Waals surface area contributed by atoms with Crippen molar-refractivity contribution in [1.82, 2.24) is 14.9 Å². The van der Waals surface area contributed by atoms with Gasteiger partial charge in [0.1, 0.15) is 0 Å². The van der Waals surface area contributed by atoms with Crippen molar-refractivity contribution in [3.05, 3.63) is 0 Å². The van der Waals surface area contributed by atoms with Gasteiger partial charge in [0.25, 0.3) is 0 Å². The Morgan fingerprint density at radius 2 is 1.83 bits per heavy atom. The van der Waals surface area contributed by atoms with E-state index in [1.165, 1.54) is 12.8 Å². The number of guanidine groups is 1. The molecule has 0 radical (unpaired) electrons. The van der Waals surface area contributed by atoms with Crippen molar-refractivity contribution >= 4 is 16.0 Å². The van der Waals surface area contributed by atoms with E-state index in [0.717, 1.165) is 19.3 Å². The molecule has 1 aliphatic heterocycles. The smallest absolute Gasteiger partial charge is 0.378 e. The molecular weight excluding hydrogens is 409 g/mol. The van der Waals surface area contributed by atoms with Crippen LogP contribution < -0.4 is 10.6 Å². The number of ether oxygens (including phenoxy) is 1. The largest absolute Gasteiger partial charge is 0.511 e. The average molecular weight is 441 g/mol. The van der Waals surface area contributed by atoms with Crippen LogP contribution in [0.1, 0.15) is 51.9 Å². The van der Waals surface area contributed by atoms with Crippen LogP contribution >= 0.6 is 0 Å². The minimum Gasteiger partial charge on any atom is -0.378 e. The van der Waals surface area contributed by atoms with Crippen molar-refractivity contribution in [3.63, 3.8) is 0 Å². The number of nitrogens with one attached hydrogen (secondary N) is 2. The summed E-state index contributed by atoms with van der Waals surface area (Å²) >= 11 is 0. The number of aliphatic imine (C=N–C) groups is 1.